The maximum Gasteiger partial charge on any atom is 0.0551 e. The standard InChI is InChI=1S/C11H18O/c1-7(12)10-8-4-5-9(6-8)11(10,2)3/h4-5,7-10,12H,6H2,1-3H3. The van der Waals surface area contributed by atoms with Crippen LogP contribution in [-0.4, -0.2) is 11.2 Å². The number of hydrogen-bond donors (Lipinski definition) is 1. The molecule has 4 atom stereocenters. The highest BCUT2D eigenvalue weighted by molar-refractivity contribution is 5.17. The number of aliphatic hydroxyl groups excluding tert-OH is 1. The second kappa shape index (κ2) is 2.35. The van der Waals surface area contributed by atoms with E-state index in [1.165, 1.54) is 6.42 Å². The molecule has 0 radical (unpaired) electrons. The van der Waals surface area contributed by atoms with Gasteiger partial charge in [-0.15, -0.1) is 0 Å². The van der Waals surface area contributed by atoms with Crippen LogP contribution in [0.1, 0.15) is 27.2 Å². The van der Waals surface area contributed by atoms with Crippen LogP contribution in [0.4, 0.5) is 0 Å². The third-order valence-corrected chi connectivity index (χ3v) is 3.91. The van der Waals surface area contributed by atoms with Gasteiger partial charge in [0.05, 0.1) is 6.10 Å². The summed E-state index contributed by atoms with van der Waals surface area (Å²) in [6, 6.07) is 0. The monoisotopic (exact) mass is 166 g/mol. The van der Waals surface area contributed by atoms with Gasteiger partial charge in [0.1, 0.15) is 0 Å². The quantitative estimate of drug-likeness (QED) is 0.592. The Morgan fingerprint density at radius 2 is 2.08 bits per heavy atom. The van der Waals surface area contributed by atoms with Gasteiger partial charge < -0.3 is 5.11 Å². The van der Waals surface area contributed by atoms with Crippen molar-refractivity contribution in [2.45, 2.75) is 33.3 Å². The van der Waals surface area contributed by atoms with Crippen molar-refractivity contribution in [3.63, 3.8) is 0 Å². The summed E-state index contributed by atoms with van der Waals surface area (Å²) in [6.45, 7) is 6.51. The van der Waals surface area contributed by atoms with Gasteiger partial charge in [0.15, 0.2) is 0 Å². The lowest BCUT2D eigenvalue weighted by atomic mass is 9.69. The van der Waals surface area contributed by atoms with Gasteiger partial charge in [0.25, 0.3) is 0 Å². The minimum absolute atomic E-state index is 0.153. The number of aliphatic hydroxyl groups is 1. The zero-order valence-corrected chi connectivity index (χ0v) is 8.12. The fraction of sp³-hybridized carbons (Fsp3) is 0.818. The highest BCUT2D eigenvalue weighted by Crippen LogP contribution is 2.56. The van der Waals surface area contributed by atoms with Crippen molar-refractivity contribution in [2.24, 2.45) is 23.2 Å². The molecule has 12 heavy (non-hydrogen) atoms. The Bertz CT molecular complexity index is 215. The first-order valence-electron chi connectivity index (χ1n) is 4.90. The smallest absolute Gasteiger partial charge is 0.0551 e. The minimum Gasteiger partial charge on any atom is -0.393 e. The molecule has 2 bridgehead atoms. The first kappa shape index (κ1) is 8.31. The largest absolute Gasteiger partial charge is 0.393 e. The van der Waals surface area contributed by atoms with Crippen molar-refractivity contribution in [1.29, 1.82) is 0 Å². The van der Waals surface area contributed by atoms with Crippen molar-refractivity contribution in [2.75, 3.05) is 0 Å². The molecule has 1 fully saturated rings. The minimum atomic E-state index is -0.153. The SMILES string of the molecule is CC(O)C1C2C=CC(C2)C1(C)C. The number of hydrogen-bond acceptors (Lipinski definition) is 1. The van der Waals surface area contributed by atoms with Crippen molar-refractivity contribution in [1.82, 2.24) is 0 Å². The fourth-order valence-corrected chi connectivity index (χ4v) is 3.32. The van der Waals surface area contributed by atoms with E-state index in [9.17, 15) is 5.11 Å². The lowest BCUT2D eigenvalue weighted by molar-refractivity contribution is 0.0396. The van der Waals surface area contributed by atoms with Crippen molar-refractivity contribution < 1.29 is 5.11 Å². The van der Waals surface area contributed by atoms with Crippen molar-refractivity contribution in [3.8, 4) is 0 Å². The van der Waals surface area contributed by atoms with E-state index in [2.05, 4.69) is 26.0 Å². The second-order valence-corrected chi connectivity index (χ2v) is 4.98. The lowest BCUT2D eigenvalue weighted by Gasteiger charge is -2.37. The van der Waals surface area contributed by atoms with Crippen LogP contribution in [0.5, 0.6) is 0 Å². The Kier molecular flexibility index (Phi) is 1.63. The van der Waals surface area contributed by atoms with Crippen LogP contribution < -0.4 is 0 Å². The Hall–Kier alpha value is -0.300. The highest BCUT2D eigenvalue weighted by atomic mass is 16.3. The molecule has 0 aliphatic heterocycles. The average molecular weight is 166 g/mol. The maximum atomic E-state index is 9.68. The Morgan fingerprint density at radius 1 is 1.42 bits per heavy atom. The van der Waals surface area contributed by atoms with Crippen LogP contribution in [-0.2, 0) is 0 Å². The Labute approximate surface area is 74.5 Å². The molecule has 0 aromatic heterocycles. The fourth-order valence-electron chi connectivity index (χ4n) is 3.32. The van der Waals surface area contributed by atoms with Gasteiger partial charge in [-0.3, -0.25) is 0 Å². The molecule has 0 heterocycles. The normalized spacial score (nSPS) is 45.2. The summed E-state index contributed by atoms with van der Waals surface area (Å²) in [5.41, 5.74) is 0.313. The summed E-state index contributed by atoms with van der Waals surface area (Å²) in [5.74, 6) is 1.83. The first-order chi connectivity index (χ1) is 5.53. The topological polar surface area (TPSA) is 20.2 Å². The molecule has 68 valence electrons. The number of fused-ring (bicyclic) bond motifs is 2. The van der Waals surface area contributed by atoms with E-state index in [-0.39, 0.29) is 6.10 Å². The van der Waals surface area contributed by atoms with Crippen LogP contribution in [0.25, 0.3) is 0 Å². The van der Waals surface area contributed by atoms with Gasteiger partial charge in [-0.05, 0) is 36.5 Å². The molecule has 0 amide bonds. The molecule has 1 saturated carbocycles. The molecule has 1 heteroatoms. The summed E-state index contributed by atoms with van der Waals surface area (Å²) in [7, 11) is 0. The van der Waals surface area contributed by atoms with Gasteiger partial charge in [-0.25, -0.2) is 0 Å². The first-order valence-corrected chi connectivity index (χ1v) is 4.90. The molecule has 2 rings (SSSR count). The summed E-state index contributed by atoms with van der Waals surface area (Å²) in [6.07, 6.45) is 5.75. The molecular weight excluding hydrogens is 148 g/mol. The summed E-state index contributed by atoms with van der Waals surface area (Å²) < 4.78 is 0. The third-order valence-electron chi connectivity index (χ3n) is 3.91. The van der Waals surface area contributed by atoms with Crippen LogP contribution in [0, 0.1) is 23.2 Å². The van der Waals surface area contributed by atoms with E-state index in [1.807, 2.05) is 6.92 Å². The molecule has 1 nitrogen and oxygen atoms in total. The van der Waals surface area contributed by atoms with Gasteiger partial charge in [0, 0.05) is 0 Å². The predicted molar refractivity (Wildman–Crippen MR) is 49.7 cm³/mol. The lowest BCUT2D eigenvalue weighted by Crippen LogP contribution is -2.35. The molecule has 4 unspecified atom stereocenters. The van der Waals surface area contributed by atoms with Gasteiger partial charge >= 0.3 is 0 Å². The second-order valence-electron chi connectivity index (χ2n) is 4.98. The van der Waals surface area contributed by atoms with E-state index in [4.69, 9.17) is 0 Å². The molecule has 0 aromatic carbocycles. The molecule has 1 N–H and O–H groups in total. The Morgan fingerprint density at radius 3 is 2.42 bits per heavy atom. The highest BCUT2D eigenvalue weighted by Gasteiger charge is 2.51. The van der Waals surface area contributed by atoms with E-state index in [0.717, 1.165) is 0 Å². The molecule has 0 aromatic rings. The average Bonchev–Trinajstić information content (AvgIpc) is 2.41. The zero-order chi connectivity index (χ0) is 8.93. The maximum absolute atomic E-state index is 9.68. The van der Waals surface area contributed by atoms with Gasteiger partial charge in [-0.2, -0.15) is 0 Å². The van der Waals surface area contributed by atoms with E-state index < -0.39 is 0 Å². The van der Waals surface area contributed by atoms with Crippen LogP contribution in [0.2, 0.25) is 0 Å². The van der Waals surface area contributed by atoms with Crippen molar-refractivity contribution >= 4 is 0 Å². The number of allylic oxidation sites excluding steroid dienone is 2. The molecule has 2 aliphatic carbocycles. The molecule has 2 aliphatic rings. The van der Waals surface area contributed by atoms with Crippen LogP contribution >= 0.6 is 0 Å². The van der Waals surface area contributed by atoms with Crippen molar-refractivity contribution in [3.05, 3.63) is 12.2 Å². The zero-order valence-electron chi connectivity index (χ0n) is 8.12. The van der Waals surface area contributed by atoms with Crippen LogP contribution in [0.3, 0.4) is 0 Å². The Balaban J connectivity index is 2.30. The number of rotatable bonds is 1. The molecule has 0 saturated heterocycles. The molecule has 0 spiro atoms. The summed E-state index contributed by atoms with van der Waals surface area (Å²) in [5, 5.41) is 9.68. The predicted octanol–water partition coefficient (Wildman–Crippen LogP) is 2.22. The molecular formula is C11H18O. The van der Waals surface area contributed by atoms with Gasteiger partial charge in [0.2, 0.25) is 0 Å². The summed E-state index contributed by atoms with van der Waals surface area (Å²) >= 11 is 0. The van der Waals surface area contributed by atoms with E-state index in [0.29, 0.717) is 23.2 Å². The van der Waals surface area contributed by atoms with E-state index in [1.54, 1.807) is 0 Å². The summed E-state index contributed by atoms with van der Waals surface area (Å²) in [4.78, 5) is 0. The van der Waals surface area contributed by atoms with Crippen LogP contribution in [0.15, 0.2) is 12.2 Å². The third kappa shape index (κ3) is 0.891. The van der Waals surface area contributed by atoms with Gasteiger partial charge in [-0.1, -0.05) is 26.0 Å². The van der Waals surface area contributed by atoms with E-state index >= 15 is 0 Å².